The summed E-state index contributed by atoms with van der Waals surface area (Å²) in [6, 6.07) is 4.40. The Kier molecular flexibility index (Phi) is 4.34. The van der Waals surface area contributed by atoms with Gasteiger partial charge in [-0.1, -0.05) is 26.3 Å². The van der Waals surface area contributed by atoms with Crippen LogP contribution in [0, 0.1) is 11.7 Å². The van der Waals surface area contributed by atoms with Crippen molar-refractivity contribution < 1.29 is 9.50 Å². The first-order valence-corrected chi connectivity index (χ1v) is 6.66. The molecule has 5 nitrogen and oxygen atoms in total. The third kappa shape index (κ3) is 2.80. The normalized spacial score (nSPS) is 14.2. The second kappa shape index (κ2) is 6.00. The quantitative estimate of drug-likeness (QED) is 0.780. The van der Waals surface area contributed by atoms with Crippen LogP contribution in [-0.4, -0.2) is 27.7 Å². The van der Waals surface area contributed by atoms with Crippen molar-refractivity contribution in [2.45, 2.75) is 26.3 Å². The average molecular weight is 278 g/mol. The Balaban J connectivity index is 2.47. The molecule has 20 heavy (non-hydrogen) atoms. The van der Waals surface area contributed by atoms with Gasteiger partial charge in [-0.25, -0.2) is 9.37 Å². The molecule has 0 bridgehead atoms. The Labute approximate surface area is 117 Å². The van der Waals surface area contributed by atoms with E-state index < -0.39 is 5.82 Å². The van der Waals surface area contributed by atoms with Crippen LogP contribution in [0.4, 0.5) is 16.2 Å². The number of rotatable bonds is 5. The number of aromatic nitrogens is 2. The number of nitrogens with two attached hydrogens (primary N) is 1. The first kappa shape index (κ1) is 14.5. The number of nitrogen functional groups attached to an aromatic ring is 1. The molecule has 4 N–H and O–H groups in total. The summed E-state index contributed by atoms with van der Waals surface area (Å²) in [5, 5.41) is 12.8. The topological polar surface area (TPSA) is 84.1 Å². The lowest BCUT2D eigenvalue weighted by atomic mass is 10.00. The number of hydrogen-bond donors (Lipinski definition) is 3. The van der Waals surface area contributed by atoms with E-state index in [0.29, 0.717) is 16.7 Å². The Bertz CT molecular complexity index is 605. The van der Waals surface area contributed by atoms with E-state index in [2.05, 4.69) is 15.3 Å². The van der Waals surface area contributed by atoms with Gasteiger partial charge in [-0.05, 0) is 18.1 Å². The summed E-state index contributed by atoms with van der Waals surface area (Å²) >= 11 is 0. The maximum absolute atomic E-state index is 14.0. The molecular formula is C14H19FN4O. The summed E-state index contributed by atoms with van der Waals surface area (Å²) < 4.78 is 14.0. The van der Waals surface area contributed by atoms with Crippen LogP contribution in [0.5, 0.6) is 0 Å². The number of halogens is 1. The van der Waals surface area contributed by atoms with Gasteiger partial charge in [0.25, 0.3) is 0 Å². The molecule has 0 radical (unpaired) electrons. The van der Waals surface area contributed by atoms with Crippen molar-refractivity contribution in [1.82, 2.24) is 9.97 Å². The van der Waals surface area contributed by atoms with Gasteiger partial charge in [-0.2, -0.15) is 4.98 Å². The Morgan fingerprint density at radius 2 is 2.15 bits per heavy atom. The minimum atomic E-state index is -0.411. The number of fused-ring (bicyclic) bond motifs is 1. The van der Waals surface area contributed by atoms with Gasteiger partial charge in [-0.15, -0.1) is 0 Å². The second-order valence-corrected chi connectivity index (χ2v) is 4.88. The fourth-order valence-electron chi connectivity index (χ4n) is 2.09. The SMILES string of the molecule is CC[C@H](C)[C@H](CO)Nc1nc(N)nc2cccc(F)c12. The third-order valence-corrected chi connectivity index (χ3v) is 3.54. The Morgan fingerprint density at radius 3 is 2.80 bits per heavy atom. The molecule has 0 saturated heterocycles. The highest BCUT2D eigenvalue weighted by molar-refractivity contribution is 5.90. The van der Waals surface area contributed by atoms with Crippen molar-refractivity contribution in [3.63, 3.8) is 0 Å². The number of aliphatic hydroxyl groups is 1. The molecule has 0 aliphatic heterocycles. The molecule has 0 spiro atoms. The zero-order valence-electron chi connectivity index (χ0n) is 11.6. The maximum atomic E-state index is 14.0. The van der Waals surface area contributed by atoms with Crippen molar-refractivity contribution in [2.24, 2.45) is 5.92 Å². The van der Waals surface area contributed by atoms with E-state index in [-0.39, 0.29) is 24.5 Å². The zero-order chi connectivity index (χ0) is 14.7. The second-order valence-electron chi connectivity index (χ2n) is 4.88. The summed E-state index contributed by atoms with van der Waals surface area (Å²) in [4.78, 5) is 8.09. The van der Waals surface area contributed by atoms with E-state index in [9.17, 15) is 9.50 Å². The molecule has 1 heterocycles. The monoisotopic (exact) mass is 278 g/mol. The van der Waals surface area contributed by atoms with Gasteiger partial charge in [-0.3, -0.25) is 0 Å². The fraction of sp³-hybridized carbons (Fsp3) is 0.429. The molecule has 0 aliphatic carbocycles. The molecule has 0 aliphatic rings. The van der Waals surface area contributed by atoms with Crippen LogP contribution >= 0.6 is 0 Å². The van der Waals surface area contributed by atoms with Crippen LogP contribution < -0.4 is 11.1 Å². The third-order valence-electron chi connectivity index (χ3n) is 3.54. The van der Waals surface area contributed by atoms with E-state index >= 15 is 0 Å². The molecule has 2 atom stereocenters. The fourth-order valence-corrected chi connectivity index (χ4v) is 2.09. The summed E-state index contributed by atoms with van der Waals surface area (Å²) in [6.07, 6.45) is 0.888. The molecule has 0 saturated carbocycles. The largest absolute Gasteiger partial charge is 0.394 e. The van der Waals surface area contributed by atoms with Crippen LogP contribution in [0.1, 0.15) is 20.3 Å². The lowest BCUT2D eigenvalue weighted by Crippen LogP contribution is -2.31. The van der Waals surface area contributed by atoms with Gasteiger partial charge in [0.2, 0.25) is 5.95 Å². The van der Waals surface area contributed by atoms with E-state index in [4.69, 9.17) is 5.73 Å². The molecular weight excluding hydrogens is 259 g/mol. The van der Waals surface area contributed by atoms with Crippen molar-refractivity contribution in [2.75, 3.05) is 17.7 Å². The van der Waals surface area contributed by atoms with Gasteiger partial charge in [0.15, 0.2) is 0 Å². The summed E-state index contributed by atoms with van der Waals surface area (Å²) in [5.41, 5.74) is 6.10. The van der Waals surface area contributed by atoms with Gasteiger partial charge in [0.05, 0.1) is 23.6 Å². The Hall–Kier alpha value is -1.95. The van der Waals surface area contributed by atoms with E-state index in [1.165, 1.54) is 6.07 Å². The van der Waals surface area contributed by atoms with Crippen LogP contribution in [0.3, 0.4) is 0 Å². The lowest BCUT2D eigenvalue weighted by Gasteiger charge is -2.23. The molecule has 6 heteroatoms. The molecule has 0 amide bonds. The summed E-state index contributed by atoms with van der Waals surface area (Å²) in [6.45, 7) is 3.98. The number of nitrogens with one attached hydrogen (secondary N) is 1. The first-order valence-electron chi connectivity index (χ1n) is 6.66. The van der Waals surface area contributed by atoms with Crippen molar-refractivity contribution in [1.29, 1.82) is 0 Å². The van der Waals surface area contributed by atoms with Crippen LogP contribution in [0.2, 0.25) is 0 Å². The van der Waals surface area contributed by atoms with Crippen LogP contribution in [0.15, 0.2) is 18.2 Å². The molecule has 108 valence electrons. The van der Waals surface area contributed by atoms with Crippen LogP contribution in [-0.2, 0) is 0 Å². The number of anilines is 2. The number of aliphatic hydroxyl groups excluding tert-OH is 1. The Morgan fingerprint density at radius 1 is 1.40 bits per heavy atom. The molecule has 1 aromatic carbocycles. The minimum Gasteiger partial charge on any atom is -0.394 e. The van der Waals surface area contributed by atoms with Gasteiger partial charge < -0.3 is 16.2 Å². The van der Waals surface area contributed by atoms with Crippen molar-refractivity contribution >= 4 is 22.7 Å². The molecule has 0 fully saturated rings. The van der Waals surface area contributed by atoms with Crippen molar-refractivity contribution in [3.8, 4) is 0 Å². The van der Waals surface area contributed by atoms with Gasteiger partial charge in [0.1, 0.15) is 11.6 Å². The van der Waals surface area contributed by atoms with Gasteiger partial charge in [0, 0.05) is 0 Å². The van der Waals surface area contributed by atoms with E-state index in [0.717, 1.165) is 6.42 Å². The molecule has 2 rings (SSSR count). The minimum absolute atomic E-state index is 0.0607. The first-order chi connectivity index (χ1) is 9.56. The predicted molar refractivity (Wildman–Crippen MR) is 77.9 cm³/mol. The number of nitrogens with zero attached hydrogens (tertiary/aromatic N) is 2. The molecule has 2 aromatic rings. The molecule has 1 aromatic heterocycles. The highest BCUT2D eigenvalue weighted by Gasteiger charge is 2.18. The highest BCUT2D eigenvalue weighted by atomic mass is 19.1. The highest BCUT2D eigenvalue weighted by Crippen LogP contribution is 2.25. The molecule has 0 unspecified atom stereocenters. The number of hydrogen-bond acceptors (Lipinski definition) is 5. The van der Waals surface area contributed by atoms with Crippen LogP contribution in [0.25, 0.3) is 10.9 Å². The van der Waals surface area contributed by atoms with E-state index in [1.807, 2.05) is 13.8 Å². The standard InChI is InChI=1S/C14H19FN4O/c1-3-8(2)11(7-20)17-13-12-9(15)5-4-6-10(12)18-14(16)19-13/h4-6,8,11,20H,3,7H2,1-2H3,(H3,16,17,18,19)/t8-,11-/m0/s1. The maximum Gasteiger partial charge on any atom is 0.222 e. The number of benzene rings is 1. The van der Waals surface area contributed by atoms with Crippen molar-refractivity contribution in [3.05, 3.63) is 24.0 Å². The average Bonchev–Trinajstić information content (AvgIpc) is 2.43. The smallest absolute Gasteiger partial charge is 0.222 e. The summed E-state index contributed by atoms with van der Waals surface area (Å²) in [7, 11) is 0. The summed E-state index contributed by atoms with van der Waals surface area (Å²) in [5.74, 6) is 0.209. The lowest BCUT2D eigenvalue weighted by molar-refractivity contribution is 0.241. The predicted octanol–water partition coefficient (Wildman–Crippen LogP) is 2.17. The van der Waals surface area contributed by atoms with E-state index in [1.54, 1.807) is 12.1 Å². The van der Waals surface area contributed by atoms with Gasteiger partial charge >= 0.3 is 0 Å². The zero-order valence-corrected chi connectivity index (χ0v) is 11.6.